The first-order chi connectivity index (χ1) is 9.78. The summed E-state index contributed by atoms with van der Waals surface area (Å²) in [6, 6.07) is 8.66. The van der Waals surface area contributed by atoms with Crippen LogP contribution in [0.5, 0.6) is 0 Å². The Labute approximate surface area is 118 Å². The number of nitrogens with zero attached hydrogens (tertiary/aromatic N) is 4. The van der Waals surface area contributed by atoms with Gasteiger partial charge in [0.1, 0.15) is 0 Å². The number of nitrogens with one attached hydrogen (secondary N) is 1. The summed E-state index contributed by atoms with van der Waals surface area (Å²) in [5.74, 6) is 1.36. The van der Waals surface area contributed by atoms with Gasteiger partial charge >= 0.3 is 0 Å². The molecule has 6 heteroatoms. The fourth-order valence-electron chi connectivity index (χ4n) is 2.92. The number of aryl methyl sites for hydroxylation is 1. The molecule has 1 heterocycles. The van der Waals surface area contributed by atoms with Crippen molar-refractivity contribution in [1.29, 1.82) is 0 Å². The SMILES string of the molecule is Cc1nnnn1-c1cccc(NC2CCCC2CN)c1. The van der Waals surface area contributed by atoms with Gasteiger partial charge in [0.25, 0.3) is 0 Å². The number of benzene rings is 1. The Morgan fingerprint density at radius 2 is 2.30 bits per heavy atom. The van der Waals surface area contributed by atoms with E-state index in [9.17, 15) is 0 Å². The summed E-state index contributed by atoms with van der Waals surface area (Å²) in [5.41, 5.74) is 7.91. The molecule has 1 aliphatic carbocycles. The van der Waals surface area contributed by atoms with E-state index in [2.05, 4.69) is 33.0 Å². The molecule has 1 saturated carbocycles. The summed E-state index contributed by atoms with van der Waals surface area (Å²) in [5, 5.41) is 15.2. The number of rotatable bonds is 4. The molecule has 0 aliphatic heterocycles. The maximum absolute atomic E-state index is 5.83. The first-order valence-electron chi connectivity index (χ1n) is 7.10. The van der Waals surface area contributed by atoms with E-state index in [0.29, 0.717) is 12.0 Å². The third-order valence-corrected chi connectivity index (χ3v) is 4.03. The van der Waals surface area contributed by atoms with Gasteiger partial charge in [-0.25, -0.2) is 0 Å². The molecule has 2 atom stereocenters. The van der Waals surface area contributed by atoms with Crippen molar-refractivity contribution in [2.75, 3.05) is 11.9 Å². The molecule has 1 aliphatic rings. The maximum atomic E-state index is 5.83. The van der Waals surface area contributed by atoms with E-state index in [1.807, 2.05) is 19.1 Å². The number of hydrogen-bond acceptors (Lipinski definition) is 5. The zero-order chi connectivity index (χ0) is 13.9. The van der Waals surface area contributed by atoms with Gasteiger partial charge in [-0.15, -0.1) is 5.10 Å². The zero-order valence-electron chi connectivity index (χ0n) is 11.7. The van der Waals surface area contributed by atoms with E-state index in [0.717, 1.165) is 23.7 Å². The van der Waals surface area contributed by atoms with Crippen LogP contribution in [0.2, 0.25) is 0 Å². The molecule has 0 spiro atoms. The van der Waals surface area contributed by atoms with Crippen LogP contribution in [0.1, 0.15) is 25.1 Å². The maximum Gasteiger partial charge on any atom is 0.153 e. The molecule has 1 aromatic heterocycles. The van der Waals surface area contributed by atoms with Crippen LogP contribution in [-0.2, 0) is 0 Å². The molecule has 0 saturated heterocycles. The molecule has 3 N–H and O–H groups in total. The van der Waals surface area contributed by atoms with Gasteiger partial charge in [-0.3, -0.25) is 0 Å². The van der Waals surface area contributed by atoms with E-state index < -0.39 is 0 Å². The van der Waals surface area contributed by atoms with Crippen LogP contribution in [0.3, 0.4) is 0 Å². The Morgan fingerprint density at radius 3 is 3.05 bits per heavy atom. The molecule has 1 aromatic carbocycles. The molecule has 0 radical (unpaired) electrons. The minimum atomic E-state index is 0.477. The van der Waals surface area contributed by atoms with Crippen LogP contribution < -0.4 is 11.1 Å². The predicted molar refractivity (Wildman–Crippen MR) is 77.7 cm³/mol. The van der Waals surface area contributed by atoms with Gasteiger partial charge < -0.3 is 11.1 Å². The number of nitrogens with two attached hydrogens (primary N) is 1. The third kappa shape index (κ3) is 2.51. The van der Waals surface area contributed by atoms with E-state index in [-0.39, 0.29) is 0 Å². The van der Waals surface area contributed by atoms with E-state index in [4.69, 9.17) is 5.73 Å². The summed E-state index contributed by atoms with van der Waals surface area (Å²) >= 11 is 0. The first-order valence-corrected chi connectivity index (χ1v) is 7.10. The second-order valence-electron chi connectivity index (χ2n) is 5.37. The predicted octanol–water partition coefficient (Wildman–Crippen LogP) is 1.51. The molecule has 20 heavy (non-hydrogen) atoms. The molecule has 3 rings (SSSR count). The van der Waals surface area contributed by atoms with Crippen molar-refractivity contribution in [3.8, 4) is 5.69 Å². The van der Waals surface area contributed by atoms with Crippen LogP contribution in [0.15, 0.2) is 24.3 Å². The lowest BCUT2D eigenvalue weighted by Crippen LogP contribution is -2.29. The molecule has 2 aromatic rings. The zero-order valence-corrected chi connectivity index (χ0v) is 11.7. The minimum absolute atomic E-state index is 0.477. The second-order valence-corrected chi connectivity index (χ2v) is 5.37. The molecule has 106 valence electrons. The molecule has 0 amide bonds. The molecule has 2 unspecified atom stereocenters. The lowest BCUT2D eigenvalue weighted by molar-refractivity contribution is 0.516. The van der Waals surface area contributed by atoms with Crippen molar-refractivity contribution < 1.29 is 0 Å². The van der Waals surface area contributed by atoms with E-state index in [1.165, 1.54) is 19.3 Å². The lowest BCUT2D eigenvalue weighted by Gasteiger charge is -2.21. The standard InChI is InChI=1S/C14H20N6/c1-10-17-18-19-20(10)13-6-3-5-12(8-13)16-14-7-2-4-11(14)9-15/h3,5-6,8,11,14,16H,2,4,7,9,15H2,1H3. The van der Waals surface area contributed by atoms with Crippen molar-refractivity contribution in [3.05, 3.63) is 30.1 Å². The molecular formula is C14H20N6. The average Bonchev–Trinajstić information content (AvgIpc) is 3.08. The average molecular weight is 272 g/mol. The Balaban J connectivity index is 1.80. The normalized spacial score (nSPS) is 22.1. The van der Waals surface area contributed by atoms with E-state index in [1.54, 1.807) is 4.68 Å². The fraction of sp³-hybridized carbons (Fsp3) is 0.500. The fourth-order valence-corrected chi connectivity index (χ4v) is 2.92. The Bertz CT molecular complexity index is 579. The highest BCUT2D eigenvalue weighted by Crippen LogP contribution is 2.28. The van der Waals surface area contributed by atoms with Crippen molar-refractivity contribution in [3.63, 3.8) is 0 Å². The van der Waals surface area contributed by atoms with Crippen molar-refractivity contribution in [1.82, 2.24) is 20.2 Å². The smallest absolute Gasteiger partial charge is 0.153 e. The molecule has 1 fully saturated rings. The Kier molecular flexibility index (Phi) is 3.64. The van der Waals surface area contributed by atoms with Gasteiger partial charge in [-0.1, -0.05) is 12.5 Å². The van der Waals surface area contributed by atoms with Crippen molar-refractivity contribution >= 4 is 5.69 Å². The van der Waals surface area contributed by atoms with Crippen LogP contribution >= 0.6 is 0 Å². The van der Waals surface area contributed by atoms with Gasteiger partial charge in [0, 0.05) is 11.7 Å². The van der Waals surface area contributed by atoms with Gasteiger partial charge in [0.15, 0.2) is 5.82 Å². The Hall–Kier alpha value is -1.95. The summed E-state index contributed by atoms with van der Waals surface area (Å²) in [4.78, 5) is 0. The topological polar surface area (TPSA) is 81.7 Å². The lowest BCUT2D eigenvalue weighted by atomic mass is 10.0. The van der Waals surface area contributed by atoms with Crippen molar-refractivity contribution in [2.24, 2.45) is 11.7 Å². The van der Waals surface area contributed by atoms with Crippen molar-refractivity contribution in [2.45, 2.75) is 32.2 Å². The monoisotopic (exact) mass is 272 g/mol. The molecule has 0 bridgehead atoms. The van der Waals surface area contributed by atoms with E-state index >= 15 is 0 Å². The van der Waals surface area contributed by atoms with Crippen LogP contribution in [0, 0.1) is 12.8 Å². The summed E-state index contributed by atoms with van der Waals surface area (Å²) in [7, 11) is 0. The van der Waals surface area contributed by atoms with Crippen LogP contribution in [0.4, 0.5) is 5.69 Å². The highest BCUT2D eigenvalue weighted by atomic mass is 15.5. The highest BCUT2D eigenvalue weighted by Gasteiger charge is 2.25. The quantitative estimate of drug-likeness (QED) is 0.881. The summed E-state index contributed by atoms with van der Waals surface area (Å²) in [6.07, 6.45) is 3.67. The number of aromatic nitrogens is 4. The number of anilines is 1. The van der Waals surface area contributed by atoms with Gasteiger partial charge in [0.05, 0.1) is 5.69 Å². The first kappa shape index (κ1) is 13.1. The van der Waals surface area contributed by atoms with Crippen LogP contribution in [-0.4, -0.2) is 32.8 Å². The number of hydrogen-bond donors (Lipinski definition) is 2. The Morgan fingerprint density at radius 1 is 1.40 bits per heavy atom. The molecule has 6 nitrogen and oxygen atoms in total. The number of tetrazole rings is 1. The highest BCUT2D eigenvalue weighted by molar-refractivity contribution is 5.51. The largest absolute Gasteiger partial charge is 0.382 e. The van der Waals surface area contributed by atoms with Gasteiger partial charge in [-0.2, -0.15) is 4.68 Å². The summed E-state index contributed by atoms with van der Waals surface area (Å²) < 4.78 is 1.74. The minimum Gasteiger partial charge on any atom is -0.382 e. The third-order valence-electron chi connectivity index (χ3n) is 4.03. The second kappa shape index (κ2) is 5.58. The van der Waals surface area contributed by atoms with Gasteiger partial charge in [0.2, 0.25) is 0 Å². The summed E-state index contributed by atoms with van der Waals surface area (Å²) in [6.45, 7) is 2.64. The molecular weight excluding hydrogens is 252 g/mol. The van der Waals surface area contributed by atoms with Gasteiger partial charge in [-0.05, 0) is 60.9 Å². The van der Waals surface area contributed by atoms with Crippen LogP contribution in [0.25, 0.3) is 5.69 Å².